The number of hydrogen-bond donors (Lipinski definition) is 2. The number of nitrogens with two attached hydrogens (primary N) is 1. The molecule has 0 amide bonds. The smallest absolute Gasteiger partial charge is 0.167 e. The summed E-state index contributed by atoms with van der Waals surface area (Å²) in [5.41, 5.74) is 6.90. The number of benzene rings is 1. The van der Waals surface area contributed by atoms with Crippen LogP contribution in [0.1, 0.15) is 19.8 Å². The van der Waals surface area contributed by atoms with Crippen LogP contribution in [-0.4, -0.2) is 22.9 Å². The molecule has 0 aliphatic carbocycles. The van der Waals surface area contributed by atoms with Gasteiger partial charge >= 0.3 is 0 Å². The van der Waals surface area contributed by atoms with E-state index in [0.29, 0.717) is 18.0 Å². The summed E-state index contributed by atoms with van der Waals surface area (Å²) in [6.45, 7) is 4.01. The Kier molecular flexibility index (Phi) is 5.43. The molecule has 0 radical (unpaired) electrons. The van der Waals surface area contributed by atoms with E-state index in [9.17, 15) is 4.39 Å². The van der Waals surface area contributed by atoms with Crippen molar-refractivity contribution in [2.45, 2.75) is 26.3 Å². The van der Waals surface area contributed by atoms with Gasteiger partial charge in [0.05, 0.1) is 18.0 Å². The summed E-state index contributed by atoms with van der Waals surface area (Å²) < 4.78 is 20.9. The van der Waals surface area contributed by atoms with Crippen molar-refractivity contribution in [3.8, 4) is 5.75 Å². The summed E-state index contributed by atoms with van der Waals surface area (Å²) in [6, 6.07) is 4.80. The Morgan fingerprint density at radius 1 is 1.43 bits per heavy atom. The minimum absolute atomic E-state index is 0.237. The van der Waals surface area contributed by atoms with Crippen LogP contribution in [0, 0.1) is 5.82 Å². The van der Waals surface area contributed by atoms with Crippen molar-refractivity contribution in [3.63, 3.8) is 0 Å². The first kappa shape index (κ1) is 15.2. The number of aryl methyl sites for hydroxylation is 1. The zero-order chi connectivity index (χ0) is 15.1. The molecule has 0 saturated carbocycles. The lowest BCUT2D eigenvalue weighted by molar-refractivity contribution is 0.301. The molecule has 0 aliphatic rings. The van der Waals surface area contributed by atoms with E-state index in [1.54, 1.807) is 12.3 Å². The molecule has 0 bridgehead atoms. The molecule has 1 aromatic heterocycles. The molecule has 0 saturated heterocycles. The second-order valence-corrected chi connectivity index (χ2v) is 4.77. The highest BCUT2D eigenvalue weighted by Gasteiger charge is 2.08. The average Bonchev–Trinajstić information content (AvgIpc) is 2.97. The van der Waals surface area contributed by atoms with Crippen LogP contribution in [-0.2, 0) is 6.54 Å². The molecule has 1 aromatic carbocycles. The van der Waals surface area contributed by atoms with Crippen molar-refractivity contribution in [1.29, 1.82) is 0 Å². The molecule has 5 nitrogen and oxygen atoms in total. The van der Waals surface area contributed by atoms with E-state index in [1.807, 2.05) is 23.9 Å². The lowest BCUT2D eigenvalue weighted by Gasteiger charge is -2.13. The summed E-state index contributed by atoms with van der Waals surface area (Å²) in [5.74, 6) is -0.191. The highest BCUT2D eigenvalue weighted by Crippen LogP contribution is 2.28. The van der Waals surface area contributed by atoms with Crippen LogP contribution in [0.15, 0.2) is 30.6 Å². The minimum atomic E-state index is -0.428. The molecule has 0 unspecified atom stereocenters. The normalized spacial score (nSPS) is 10.6. The van der Waals surface area contributed by atoms with Crippen LogP contribution in [0.4, 0.5) is 15.8 Å². The Morgan fingerprint density at radius 3 is 3.00 bits per heavy atom. The van der Waals surface area contributed by atoms with E-state index in [4.69, 9.17) is 10.5 Å². The van der Waals surface area contributed by atoms with Crippen LogP contribution in [0.5, 0.6) is 5.75 Å². The van der Waals surface area contributed by atoms with E-state index >= 15 is 0 Å². The van der Waals surface area contributed by atoms with Crippen molar-refractivity contribution < 1.29 is 9.13 Å². The average molecular weight is 292 g/mol. The maximum Gasteiger partial charge on any atom is 0.167 e. The Labute approximate surface area is 123 Å². The first-order chi connectivity index (χ1) is 10.2. The Hall–Kier alpha value is -2.24. The predicted molar refractivity (Wildman–Crippen MR) is 81.9 cm³/mol. The number of nitrogens with zero attached hydrogens (tertiary/aromatic N) is 2. The van der Waals surface area contributed by atoms with Gasteiger partial charge in [-0.2, -0.15) is 5.10 Å². The lowest BCUT2D eigenvalue weighted by Crippen LogP contribution is -2.09. The fourth-order valence-electron chi connectivity index (χ4n) is 1.94. The summed E-state index contributed by atoms with van der Waals surface area (Å²) in [4.78, 5) is 0. The van der Waals surface area contributed by atoms with Gasteiger partial charge in [-0.1, -0.05) is 6.92 Å². The summed E-state index contributed by atoms with van der Waals surface area (Å²) in [6.07, 6.45) is 5.39. The quantitative estimate of drug-likeness (QED) is 0.580. The van der Waals surface area contributed by atoms with Crippen molar-refractivity contribution in [2.75, 3.05) is 24.2 Å². The van der Waals surface area contributed by atoms with Gasteiger partial charge in [-0.25, -0.2) is 4.39 Å². The fraction of sp³-hybridized carbons (Fsp3) is 0.400. The van der Waals surface area contributed by atoms with E-state index < -0.39 is 5.82 Å². The van der Waals surface area contributed by atoms with E-state index in [-0.39, 0.29) is 5.75 Å². The number of ether oxygens (including phenoxy) is 1. The van der Waals surface area contributed by atoms with E-state index in [2.05, 4.69) is 10.4 Å². The number of aromatic nitrogens is 2. The maximum absolute atomic E-state index is 13.7. The molecule has 0 aliphatic heterocycles. The molecule has 0 atom stereocenters. The first-order valence-electron chi connectivity index (χ1n) is 7.14. The van der Waals surface area contributed by atoms with Crippen LogP contribution in [0.2, 0.25) is 0 Å². The molecule has 21 heavy (non-hydrogen) atoms. The summed E-state index contributed by atoms with van der Waals surface area (Å²) >= 11 is 0. The molecule has 0 spiro atoms. The Bertz CT molecular complexity index is 557. The number of hydrogen-bond acceptors (Lipinski definition) is 4. The predicted octanol–water partition coefficient (Wildman–Crippen LogP) is 2.90. The standard InChI is InChI=1S/C15H21FN4O/c1-2-9-21-15-11-14(13(17)10-12(15)16)18-5-3-7-20-8-4-6-19-20/h4,6,8,10-11,18H,2-3,5,7,9,17H2,1H3. The highest BCUT2D eigenvalue weighted by atomic mass is 19.1. The number of halogens is 1. The third-order valence-electron chi connectivity index (χ3n) is 3.00. The largest absolute Gasteiger partial charge is 0.490 e. The monoisotopic (exact) mass is 292 g/mol. The molecular weight excluding hydrogens is 271 g/mol. The minimum Gasteiger partial charge on any atom is -0.490 e. The van der Waals surface area contributed by atoms with Gasteiger partial charge in [-0.15, -0.1) is 0 Å². The molecular formula is C15H21FN4O. The van der Waals surface area contributed by atoms with Gasteiger partial charge in [-0.05, 0) is 18.9 Å². The zero-order valence-electron chi connectivity index (χ0n) is 12.2. The SMILES string of the molecule is CCCOc1cc(NCCCn2cccn2)c(N)cc1F. The third kappa shape index (κ3) is 4.37. The maximum atomic E-state index is 13.7. The number of anilines is 2. The van der Waals surface area contributed by atoms with E-state index in [0.717, 1.165) is 25.9 Å². The van der Waals surface area contributed by atoms with Crippen LogP contribution >= 0.6 is 0 Å². The van der Waals surface area contributed by atoms with Crippen molar-refractivity contribution >= 4 is 11.4 Å². The van der Waals surface area contributed by atoms with Gasteiger partial charge in [0.15, 0.2) is 11.6 Å². The highest BCUT2D eigenvalue weighted by molar-refractivity contribution is 5.68. The Balaban J connectivity index is 1.89. The van der Waals surface area contributed by atoms with Crippen LogP contribution < -0.4 is 15.8 Å². The zero-order valence-corrected chi connectivity index (χ0v) is 12.2. The van der Waals surface area contributed by atoms with E-state index in [1.165, 1.54) is 6.07 Å². The summed E-state index contributed by atoms with van der Waals surface area (Å²) in [7, 11) is 0. The van der Waals surface area contributed by atoms with Gasteiger partial charge < -0.3 is 15.8 Å². The molecule has 2 rings (SSSR count). The number of rotatable bonds is 8. The van der Waals surface area contributed by atoms with Crippen LogP contribution in [0.3, 0.4) is 0 Å². The van der Waals surface area contributed by atoms with Gasteiger partial charge in [-0.3, -0.25) is 4.68 Å². The molecule has 1 heterocycles. The van der Waals surface area contributed by atoms with Crippen molar-refractivity contribution in [1.82, 2.24) is 9.78 Å². The molecule has 0 fully saturated rings. The molecule has 3 N–H and O–H groups in total. The first-order valence-corrected chi connectivity index (χ1v) is 7.14. The van der Waals surface area contributed by atoms with Crippen molar-refractivity contribution in [3.05, 3.63) is 36.4 Å². The number of nitrogens with one attached hydrogen (secondary N) is 1. The fourth-order valence-corrected chi connectivity index (χ4v) is 1.94. The Morgan fingerprint density at radius 2 is 2.29 bits per heavy atom. The van der Waals surface area contributed by atoms with Gasteiger partial charge in [0.2, 0.25) is 0 Å². The molecule has 2 aromatic rings. The second kappa shape index (κ2) is 7.52. The van der Waals surface area contributed by atoms with Gasteiger partial charge in [0.25, 0.3) is 0 Å². The third-order valence-corrected chi connectivity index (χ3v) is 3.00. The number of nitrogen functional groups attached to an aromatic ring is 1. The van der Waals surface area contributed by atoms with Crippen LogP contribution in [0.25, 0.3) is 0 Å². The lowest BCUT2D eigenvalue weighted by atomic mass is 10.2. The topological polar surface area (TPSA) is 65.1 Å². The van der Waals surface area contributed by atoms with Gasteiger partial charge in [0.1, 0.15) is 0 Å². The molecule has 6 heteroatoms. The molecule has 114 valence electrons. The van der Waals surface area contributed by atoms with Gasteiger partial charge in [0, 0.05) is 37.6 Å². The van der Waals surface area contributed by atoms with Crippen molar-refractivity contribution in [2.24, 2.45) is 0 Å². The summed E-state index contributed by atoms with van der Waals surface area (Å²) in [5, 5.41) is 7.34. The second-order valence-electron chi connectivity index (χ2n) is 4.77.